The summed E-state index contributed by atoms with van der Waals surface area (Å²) in [6.45, 7) is 8.58. The van der Waals surface area contributed by atoms with E-state index in [0.29, 0.717) is 0 Å². The minimum absolute atomic E-state index is 0.991. The highest BCUT2D eigenvalue weighted by atomic mass is 14.3. The van der Waals surface area contributed by atoms with Gasteiger partial charge < -0.3 is 0 Å². The molecule has 4 atom stereocenters. The Hall–Kier alpha value is 0.0649. The summed E-state index contributed by atoms with van der Waals surface area (Å²) in [6, 6.07) is 0. The monoisotopic (exact) mass is 220 g/mol. The highest BCUT2D eigenvalue weighted by molar-refractivity contribution is 6.60. The van der Waals surface area contributed by atoms with Gasteiger partial charge in [0.1, 0.15) is 6.71 Å². The molecule has 0 aromatic rings. The van der Waals surface area contributed by atoms with Crippen LogP contribution in [0.1, 0.15) is 65.2 Å². The van der Waals surface area contributed by atoms with Gasteiger partial charge >= 0.3 is 0 Å². The van der Waals surface area contributed by atoms with Crippen LogP contribution < -0.4 is 0 Å². The average molecular weight is 220 g/mol. The van der Waals surface area contributed by atoms with Crippen molar-refractivity contribution in [1.29, 1.82) is 0 Å². The van der Waals surface area contributed by atoms with Gasteiger partial charge in [0.2, 0.25) is 0 Å². The van der Waals surface area contributed by atoms with Crippen LogP contribution in [0.3, 0.4) is 0 Å². The standard InChI is InChI=1S/C15H29B/c1-12-8-4-6-10-14(12)16(3)15-11-7-5-9-13(15)2/h12-15H,4-11H2,1-3H3. The molecule has 0 heterocycles. The molecule has 0 spiro atoms. The highest BCUT2D eigenvalue weighted by Gasteiger charge is 2.36. The fraction of sp³-hybridized carbons (Fsp3) is 1.00. The lowest BCUT2D eigenvalue weighted by atomic mass is 9.29. The van der Waals surface area contributed by atoms with Gasteiger partial charge in [-0.3, -0.25) is 0 Å². The van der Waals surface area contributed by atoms with Gasteiger partial charge in [0, 0.05) is 0 Å². The molecule has 0 bridgehead atoms. The van der Waals surface area contributed by atoms with Gasteiger partial charge in [0.05, 0.1) is 0 Å². The van der Waals surface area contributed by atoms with Crippen LogP contribution in [-0.2, 0) is 0 Å². The quantitative estimate of drug-likeness (QED) is 0.556. The Kier molecular flexibility index (Phi) is 4.38. The molecule has 16 heavy (non-hydrogen) atoms. The van der Waals surface area contributed by atoms with Crippen molar-refractivity contribution in [2.45, 2.75) is 83.7 Å². The topological polar surface area (TPSA) is 0 Å². The van der Waals surface area contributed by atoms with Crippen LogP contribution >= 0.6 is 0 Å². The predicted molar refractivity (Wildman–Crippen MR) is 74.4 cm³/mol. The van der Waals surface area contributed by atoms with Gasteiger partial charge in [-0.25, -0.2) is 0 Å². The van der Waals surface area contributed by atoms with E-state index in [1.807, 2.05) is 0 Å². The minimum atomic E-state index is 0.991. The van der Waals surface area contributed by atoms with Crippen LogP contribution in [0.2, 0.25) is 18.5 Å². The van der Waals surface area contributed by atoms with Crippen molar-refractivity contribution in [3.8, 4) is 0 Å². The fourth-order valence-electron chi connectivity index (χ4n) is 4.57. The molecule has 2 fully saturated rings. The van der Waals surface area contributed by atoms with Crippen molar-refractivity contribution in [3.63, 3.8) is 0 Å². The average Bonchev–Trinajstić information content (AvgIpc) is 2.29. The molecule has 2 saturated carbocycles. The summed E-state index contributed by atoms with van der Waals surface area (Å²) in [5, 5.41) is 0. The molecule has 92 valence electrons. The van der Waals surface area contributed by atoms with E-state index in [1.165, 1.54) is 51.4 Å². The normalized spacial score (nSPS) is 40.7. The molecular formula is C15H29B. The van der Waals surface area contributed by atoms with E-state index in [9.17, 15) is 0 Å². The van der Waals surface area contributed by atoms with Gasteiger partial charge in [0.15, 0.2) is 0 Å². The van der Waals surface area contributed by atoms with Crippen molar-refractivity contribution < 1.29 is 0 Å². The molecule has 2 rings (SSSR count). The van der Waals surface area contributed by atoms with E-state index >= 15 is 0 Å². The predicted octanol–water partition coefficient (Wildman–Crippen LogP) is 5.27. The second kappa shape index (κ2) is 5.60. The number of rotatable bonds is 2. The SMILES string of the molecule is CB(C1CCCCC1C)C1CCCCC1C. The zero-order valence-electron chi connectivity index (χ0n) is 11.5. The van der Waals surface area contributed by atoms with Gasteiger partial charge in [-0.05, 0) is 11.8 Å². The van der Waals surface area contributed by atoms with Crippen molar-refractivity contribution in [3.05, 3.63) is 0 Å². The first kappa shape index (κ1) is 12.5. The van der Waals surface area contributed by atoms with E-state index in [2.05, 4.69) is 20.7 Å². The third kappa shape index (κ3) is 2.66. The molecular weight excluding hydrogens is 191 g/mol. The Morgan fingerprint density at radius 1 is 0.688 bits per heavy atom. The zero-order valence-corrected chi connectivity index (χ0v) is 11.5. The van der Waals surface area contributed by atoms with E-state index < -0.39 is 0 Å². The summed E-state index contributed by atoms with van der Waals surface area (Å²) in [5.41, 5.74) is 0. The van der Waals surface area contributed by atoms with Crippen LogP contribution in [0.5, 0.6) is 0 Å². The summed E-state index contributed by atoms with van der Waals surface area (Å²) in [7, 11) is 0. The first-order valence-corrected chi connectivity index (χ1v) is 7.70. The van der Waals surface area contributed by atoms with Crippen LogP contribution in [0.25, 0.3) is 0 Å². The Morgan fingerprint density at radius 2 is 1.06 bits per heavy atom. The Morgan fingerprint density at radius 3 is 1.44 bits per heavy atom. The lowest BCUT2D eigenvalue weighted by Crippen LogP contribution is -2.34. The van der Waals surface area contributed by atoms with Gasteiger partial charge in [-0.15, -0.1) is 0 Å². The first-order valence-electron chi connectivity index (χ1n) is 7.70. The van der Waals surface area contributed by atoms with Crippen LogP contribution in [0, 0.1) is 11.8 Å². The third-order valence-electron chi connectivity index (χ3n) is 5.71. The smallest absolute Gasteiger partial charge is 0.0856 e. The van der Waals surface area contributed by atoms with Crippen LogP contribution in [0.15, 0.2) is 0 Å². The lowest BCUT2D eigenvalue weighted by molar-refractivity contribution is 0.347. The molecule has 4 unspecified atom stereocenters. The summed E-state index contributed by atoms with van der Waals surface area (Å²) < 4.78 is 0. The van der Waals surface area contributed by atoms with Gasteiger partial charge in [0.25, 0.3) is 0 Å². The molecule has 0 N–H and O–H groups in total. The largest absolute Gasteiger partial charge is 0.143 e. The maximum Gasteiger partial charge on any atom is 0.143 e. The Labute approximate surface area is 103 Å². The molecule has 0 aromatic heterocycles. The fourth-order valence-corrected chi connectivity index (χ4v) is 4.57. The summed E-state index contributed by atoms with van der Waals surface area (Å²) in [5.74, 6) is 4.08. The first-order chi connectivity index (χ1) is 7.70. The maximum absolute atomic E-state index is 2.57. The molecule has 2 aliphatic rings. The molecule has 0 amide bonds. The minimum Gasteiger partial charge on any atom is -0.0856 e. The summed E-state index contributed by atoms with van der Waals surface area (Å²) in [6.07, 6.45) is 12.0. The molecule has 0 aliphatic heterocycles. The van der Waals surface area contributed by atoms with Crippen LogP contribution in [-0.4, -0.2) is 6.71 Å². The highest BCUT2D eigenvalue weighted by Crippen LogP contribution is 2.45. The molecule has 1 heteroatoms. The molecule has 0 aromatic carbocycles. The second-order valence-electron chi connectivity index (χ2n) is 6.71. The second-order valence-corrected chi connectivity index (χ2v) is 6.71. The summed E-state index contributed by atoms with van der Waals surface area (Å²) >= 11 is 0. The van der Waals surface area contributed by atoms with Crippen molar-refractivity contribution in [1.82, 2.24) is 0 Å². The zero-order chi connectivity index (χ0) is 11.5. The Bertz CT molecular complexity index is 191. The molecule has 0 nitrogen and oxygen atoms in total. The van der Waals surface area contributed by atoms with E-state index in [0.717, 1.165) is 30.2 Å². The Balaban J connectivity index is 1.96. The van der Waals surface area contributed by atoms with E-state index in [4.69, 9.17) is 0 Å². The van der Waals surface area contributed by atoms with Crippen LogP contribution in [0.4, 0.5) is 0 Å². The maximum atomic E-state index is 2.57. The molecule has 0 saturated heterocycles. The number of hydrogen-bond acceptors (Lipinski definition) is 0. The lowest BCUT2D eigenvalue weighted by Gasteiger charge is -2.40. The molecule has 0 radical (unpaired) electrons. The number of hydrogen-bond donors (Lipinski definition) is 0. The van der Waals surface area contributed by atoms with E-state index in [1.54, 1.807) is 0 Å². The third-order valence-corrected chi connectivity index (χ3v) is 5.71. The molecule has 2 aliphatic carbocycles. The van der Waals surface area contributed by atoms with Gasteiger partial charge in [-0.2, -0.15) is 0 Å². The van der Waals surface area contributed by atoms with Crippen molar-refractivity contribution in [2.75, 3.05) is 0 Å². The van der Waals surface area contributed by atoms with Gasteiger partial charge in [-0.1, -0.05) is 83.7 Å². The van der Waals surface area contributed by atoms with E-state index in [-0.39, 0.29) is 0 Å². The van der Waals surface area contributed by atoms with Crippen molar-refractivity contribution in [2.24, 2.45) is 11.8 Å². The van der Waals surface area contributed by atoms with Crippen molar-refractivity contribution >= 4 is 6.71 Å². The summed E-state index contributed by atoms with van der Waals surface area (Å²) in [4.78, 5) is 0.